The first-order chi connectivity index (χ1) is 19.8. The van der Waals surface area contributed by atoms with Crippen molar-refractivity contribution in [3.63, 3.8) is 0 Å². The van der Waals surface area contributed by atoms with E-state index < -0.39 is 16.8 Å². The highest BCUT2D eigenvalue weighted by molar-refractivity contribution is 6.04. The predicted molar refractivity (Wildman–Crippen MR) is 155 cm³/mol. The van der Waals surface area contributed by atoms with Crippen LogP contribution in [0.2, 0.25) is 0 Å². The number of carbonyl (C=O) groups is 3. The fraction of sp³-hybridized carbons (Fsp3) is 0.0323. The number of hydrogen-bond acceptors (Lipinski definition) is 7. The lowest BCUT2D eigenvalue weighted by atomic mass is 10.1. The van der Waals surface area contributed by atoms with Crippen molar-refractivity contribution in [1.82, 2.24) is 5.43 Å². The van der Waals surface area contributed by atoms with E-state index in [1.54, 1.807) is 36.4 Å². The number of hydrazone groups is 1. The molecule has 4 aromatic rings. The van der Waals surface area contributed by atoms with Crippen molar-refractivity contribution in [1.29, 1.82) is 0 Å². The number of ether oxygens (including phenoxy) is 1. The molecule has 0 aliphatic heterocycles. The zero-order valence-corrected chi connectivity index (χ0v) is 21.8. The molecule has 0 aliphatic carbocycles. The quantitative estimate of drug-likeness (QED) is 0.0703. The van der Waals surface area contributed by atoms with Crippen LogP contribution in [-0.2, 0) is 4.79 Å². The van der Waals surface area contributed by atoms with Crippen LogP contribution < -0.4 is 15.5 Å². The van der Waals surface area contributed by atoms with Crippen LogP contribution in [0.1, 0.15) is 37.4 Å². The Labute approximate surface area is 235 Å². The van der Waals surface area contributed by atoms with Crippen molar-refractivity contribution in [3.05, 3.63) is 141 Å². The maximum atomic E-state index is 12.6. The maximum absolute atomic E-state index is 12.6. The van der Waals surface area contributed by atoms with Crippen molar-refractivity contribution in [2.75, 3.05) is 5.32 Å². The predicted octanol–water partition coefficient (Wildman–Crippen LogP) is 5.54. The van der Waals surface area contributed by atoms with E-state index in [-0.39, 0.29) is 28.5 Å². The third-order valence-electron chi connectivity index (χ3n) is 5.68. The van der Waals surface area contributed by atoms with Crippen molar-refractivity contribution < 1.29 is 24.0 Å². The number of esters is 1. The van der Waals surface area contributed by atoms with Crippen molar-refractivity contribution in [2.24, 2.45) is 5.10 Å². The van der Waals surface area contributed by atoms with Gasteiger partial charge in [0, 0.05) is 40.6 Å². The molecule has 10 nitrogen and oxygen atoms in total. The van der Waals surface area contributed by atoms with Crippen LogP contribution in [0.5, 0.6) is 5.75 Å². The molecule has 2 N–H and O–H groups in total. The molecular weight excluding hydrogens is 524 g/mol. The van der Waals surface area contributed by atoms with Crippen LogP contribution in [0.15, 0.2) is 108 Å². The van der Waals surface area contributed by atoms with Crippen molar-refractivity contribution in [2.45, 2.75) is 6.92 Å². The summed E-state index contributed by atoms with van der Waals surface area (Å²) in [5.41, 5.74) is 5.21. The number of hydrogen-bond donors (Lipinski definition) is 2. The summed E-state index contributed by atoms with van der Waals surface area (Å²) >= 11 is 0. The Bertz CT molecular complexity index is 1650. The summed E-state index contributed by atoms with van der Waals surface area (Å²) in [6, 6.07) is 26.1. The first-order valence-corrected chi connectivity index (χ1v) is 12.3. The molecule has 0 radical (unpaired) electrons. The Morgan fingerprint density at radius 1 is 0.854 bits per heavy atom. The van der Waals surface area contributed by atoms with Gasteiger partial charge in [-0.2, -0.15) is 5.10 Å². The number of nitro groups is 1. The first kappa shape index (κ1) is 28.1. The first-order valence-electron chi connectivity index (χ1n) is 12.3. The molecule has 0 bridgehead atoms. The second kappa shape index (κ2) is 13.3. The third-order valence-corrected chi connectivity index (χ3v) is 5.68. The van der Waals surface area contributed by atoms with Crippen LogP contribution in [0, 0.1) is 17.0 Å². The summed E-state index contributed by atoms with van der Waals surface area (Å²) in [5.74, 6) is -1.52. The Kier molecular flexibility index (Phi) is 9.09. The number of carbonyl (C=O) groups excluding carboxylic acids is 3. The zero-order valence-electron chi connectivity index (χ0n) is 21.8. The summed E-state index contributed by atoms with van der Waals surface area (Å²) < 4.78 is 5.34. The molecule has 0 atom stereocenters. The Balaban J connectivity index is 1.41. The SMILES string of the molecule is Cc1cccc(C(=O)Nc2ccc(C(=O)N/N=C/c3cc([N+](=O)[O-])ccc3OC(=O)/C=C/c3ccccc3)cc2)c1. The number of nitrogens with one attached hydrogen (secondary N) is 2. The highest BCUT2D eigenvalue weighted by atomic mass is 16.6. The van der Waals surface area contributed by atoms with E-state index in [2.05, 4.69) is 15.8 Å². The van der Waals surface area contributed by atoms with Gasteiger partial charge in [0.05, 0.1) is 11.1 Å². The van der Waals surface area contributed by atoms with Crippen LogP contribution >= 0.6 is 0 Å². The van der Waals surface area contributed by atoms with Gasteiger partial charge in [0.2, 0.25) is 0 Å². The van der Waals surface area contributed by atoms with Gasteiger partial charge in [0.15, 0.2) is 0 Å². The number of nitro benzene ring substituents is 1. The smallest absolute Gasteiger partial charge is 0.336 e. The molecule has 10 heteroatoms. The van der Waals surface area contributed by atoms with Crippen molar-refractivity contribution in [3.8, 4) is 5.75 Å². The minimum absolute atomic E-state index is 0.0185. The van der Waals surface area contributed by atoms with Crippen LogP contribution in [0.4, 0.5) is 11.4 Å². The van der Waals surface area contributed by atoms with Gasteiger partial charge >= 0.3 is 5.97 Å². The van der Waals surface area contributed by atoms with Gasteiger partial charge in [-0.25, -0.2) is 10.2 Å². The third kappa shape index (κ3) is 8.04. The van der Waals surface area contributed by atoms with Gasteiger partial charge in [0.25, 0.3) is 17.5 Å². The fourth-order valence-corrected chi connectivity index (χ4v) is 3.63. The van der Waals surface area contributed by atoms with Gasteiger partial charge in [0.1, 0.15) is 5.75 Å². The number of amides is 2. The summed E-state index contributed by atoms with van der Waals surface area (Å²) in [7, 11) is 0. The minimum Gasteiger partial charge on any atom is -0.423 e. The lowest BCUT2D eigenvalue weighted by Gasteiger charge is -2.07. The summed E-state index contributed by atoms with van der Waals surface area (Å²) in [6.07, 6.45) is 3.94. The molecule has 4 rings (SSSR count). The van der Waals surface area contributed by atoms with E-state index in [0.717, 1.165) is 17.3 Å². The number of benzene rings is 4. The molecule has 0 saturated carbocycles. The largest absolute Gasteiger partial charge is 0.423 e. The monoisotopic (exact) mass is 548 g/mol. The minimum atomic E-state index is -0.698. The molecule has 0 saturated heterocycles. The lowest BCUT2D eigenvalue weighted by Crippen LogP contribution is -2.18. The van der Waals surface area contributed by atoms with Gasteiger partial charge in [-0.1, -0.05) is 48.0 Å². The highest BCUT2D eigenvalue weighted by Gasteiger charge is 2.13. The molecule has 0 heterocycles. The molecule has 2 amide bonds. The molecule has 0 aromatic heterocycles. The average Bonchev–Trinajstić information content (AvgIpc) is 2.97. The molecule has 0 aliphatic rings. The number of aryl methyl sites for hydroxylation is 1. The van der Waals surface area contributed by atoms with Crippen molar-refractivity contribution >= 4 is 41.4 Å². The second-order valence-corrected chi connectivity index (χ2v) is 8.74. The normalized spacial score (nSPS) is 10.9. The molecular formula is C31H24N4O6. The molecule has 0 unspecified atom stereocenters. The molecule has 4 aromatic carbocycles. The van der Waals surface area contributed by atoms with Crippen LogP contribution in [0.3, 0.4) is 0 Å². The Hall–Kier alpha value is -5.90. The van der Waals surface area contributed by atoms with Crippen LogP contribution in [-0.4, -0.2) is 28.9 Å². The standard InChI is InChI=1S/C31H24N4O6/c1-21-6-5-9-24(18-21)30(37)33-26-13-11-23(12-14-26)31(38)34-32-20-25-19-27(35(39)40)15-16-28(25)41-29(36)17-10-22-7-3-2-4-8-22/h2-20H,1H3,(H,33,37)(H,34,38)/b17-10+,32-20+. The second-order valence-electron chi connectivity index (χ2n) is 8.74. The molecule has 41 heavy (non-hydrogen) atoms. The van der Waals surface area contributed by atoms with Crippen LogP contribution in [0.25, 0.3) is 6.08 Å². The Morgan fingerprint density at radius 2 is 1.61 bits per heavy atom. The fourth-order valence-electron chi connectivity index (χ4n) is 3.63. The van der Waals surface area contributed by atoms with Gasteiger partial charge in [-0.3, -0.25) is 19.7 Å². The number of anilines is 1. The lowest BCUT2D eigenvalue weighted by molar-refractivity contribution is -0.384. The van der Waals surface area contributed by atoms with Gasteiger partial charge in [-0.05, 0) is 61.0 Å². The topological polar surface area (TPSA) is 140 Å². The zero-order chi connectivity index (χ0) is 29.2. The maximum Gasteiger partial charge on any atom is 0.336 e. The van der Waals surface area contributed by atoms with E-state index in [1.807, 2.05) is 43.3 Å². The van der Waals surface area contributed by atoms with E-state index >= 15 is 0 Å². The average molecular weight is 549 g/mol. The molecule has 0 fully saturated rings. The van der Waals surface area contributed by atoms with E-state index in [9.17, 15) is 24.5 Å². The molecule has 0 spiro atoms. The number of nitrogens with zero attached hydrogens (tertiary/aromatic N) is 2. The highest BCUT2D eigenvalue weighted by Crippen LogP contribution is 2.23. The van der Waals surface area contributed by atoms with Gasteiger partial charge < -0.3 is 10.1 Å². The summed E-state index contributed by atoms with van der Waals surface area (Å²) in [5, 5.41) is 17.9. The summed E-state index contributed by atoms with van der Waals surface area (Å²) in [6.45, 7) is 1.89. The number of rotatable bonds is 9. The van der Waals surface area contributed by atoms with Gasteiger partial charge in [-0.15, -0.1) is 0 Å². The Morgan fingerprint density at radius 3 is 2.32 bits per heavy atom. The summed E-state index contributed by atoms with van der Waals surface area (Å²) in [4.78, 5) is 48.0. The van der Waals surface area contributed by atoms with E-state index in [1.165, 1.54) is 36.4 Å². The number of non-ortho nitro benzene ring substituents is 1. The molecule has 204 valence electrons. The van der Waals surface area contributed by atoms with E-state index in [0.29, 0.717) is 11.3 Å². The van der Waals surface area contributed by atoms with E-state index in [4.69, 9.17) is 4.74 Å².